The maximum Gasteiger partial charge on any atom is 0.125 e. The van der Waals surface area contributed by atoms with E-state index in [-0.39, 0.29) is 5.82 Å². The molecule has 2 aromatic rings. The molecule has 0 saturated heterocycles. The second kappa shape index (κ2) is 5.67. The van der Waals surface area contributed by atoms with E-state index in [1.807, 2.05) is 30.1 Å². The van der Waals surface area contributed by atoms with Crippen molar-refractivity contribution in [2.75, 3.05) is 11.9 Å². The van der Waals surface area contributed by atoms with Crippen molar-refractivity contribution >= 4 is 5.69 Å². The van der Waals surface area contributed by atoms with Crippen molar-refractivity contribution in [3.05, 3.63) is 53.7 Å². The van der Waals surface area contributed by atoms with Gasteiger partial charge in [-0.25, -0.2) is 4.39 Å². The number of nitrogens with one attached hydrogen (secondary N) is 1. The van der Waals surface area contributed by atoms with E-state index < -0.39 is 0 Å². The summed E-state index contributed by atoms with van der Waals surface area (Å²) in [7, 11) is 1.93. The molecule has 3 rings (SSSR count). The van der Waals surface area contributed by atoms with Gasteiger partial charge in [-0.15, -0.1) is 0 Å². The zero-order valence-electron chi connectivity index (χ0n) is 11.6. The molecular formula is C16H19FN2O. The zero-order valence-corrected chi connectivity index (χ0v) is 11.6. The van der Waals surface area contributed by atoms with Crippen molar-refractivity contribution in [1.82, 2.24) is 5.32 Å². The zero-order chi connectivity index (χ0) is 13.9. The van der Waals surface area contributed by atoms with E-state index in [0.717, 1.165) is 23.8 Å². The second-order valence-electron chi connectivity index (χ2n) is 5.36. The number of hydrogen-bond acceptors (Lipinski definition) is 3. The molecule has 1 aromatic carbocycles. The van der Waals surface area contributed by atoms with Crippen LogP contribution in [-0.4, -0.2) is 13.1 Å². The maximum atomic E-state index is 13.2. The molecule has 20 heavy (non-hydrogen) atoms. The van der Waals surface area contributed by atoms with Crippen LogP contribution < -0.4 is 10.2 Å². The van der Waals surface area contributed by atoms with Gasteiger partial charge in [0.2, 0.25) is 0 Å². The van der Waals surface area contributed by atoms with Crippen molar-refractivity contribution in [2.45, 2.75) is 32.0 Å². The third kappa shape index (κ3) is 3.39. The van der Waals surface area contributed by atoms with E-state index in [0.29, 0.717) is 12.6 Å². The fourth-order valence-electron chi connectivity index (χ4n) is 2.17. The van der Waals surface area contributed by atoms with Crippen LogP contribution in [0.3, 0.4) is 0 Å². The summed E-state index contributed by atoms with van der Waals surface area (Å²) in [6.07, 6.45) is 2.55. The molecule has 0 radical (unpaired) electrons. The molecule has 1 N–H and O–H groups in total. The summed E-state index contributed by atoms with van der Waals surface area (Å²) in [5.74, 6) is 1.63. The Balaban J connectivity index is 1.59. The fourth-order valence-corrected chi connectivity index (χ4v) is 2.17. The summed E-state index contributed by atoms with van der Waals surface area (Å²) in [5.41, 5.74) is 0.846. The summed E-state index contributed by atoms with van der Waals surface area (Å²) in [6, 6.07) is 11.3. The first-order valence-electron chi connectivity index (χ1n) is 6.98. The van der Waals surface area contributed by atoms with Gasteiger partial charge in [-0.05, 0) is 43.2 Å². The summed E-state index contributed by atoms with van der Waals surface area (Å²) in [4.78, 5) is 1.97. The molecule has 1 heterocycles. The van der Waals surface area contributed by atoms with Crippen molar-refractivity contribution in [2.24, 2.45) is 0 Å². The van der Waals surface area contributed by atoms with E-state index in [1.54, 1.807) is 6.07 Å². The Labute approximate surface area is 118 Å². The number of nitrogens with zero attached hydrogens (tertiary/aromatic N) is 1. The molecule has 0 aliphatic heterocycles. The normalized spacial score (nSPS) is 14.5. The van der Waals surface area contributed by atoms with Gasteiger partial charge in [-0.1, -0.05) is 6.07 Å². The molecule has 1 aliphatic rings. The highest BCUT2D eigenvalue weighted by Gasteiger charge is 2.20. The van der Waals surface area contributed by atoms with E-state index in [1.165, 1.54) is 25.0 Å². The number of furan rings is 1. The Morgan fingerprint density at radius 1 is 1.25 bits per heavy atom. The van der Waals surface area contributed by atoms with Crippen molar-refractivity contribution in [3.63, 3.8) is 0 Å². The largest absolute Gasteiger partial charge is 0.463 e. The van der Waals surface area contributed by atoms with Crippen LogP contribution in [0.5, 0.6) is 0 Å². The molecule has 0 spiro atoms. The van der Waals surface area contributed by atoms with Gasteiger partial charge < -0.3 is 14.6 Å². The number of rotatable bonds is 6. The summed E-state index contributed by atoms with van der Waals surface area (Å²) >= 11 is 0. The highest BCUT2D eigenvalue weighted by molar-refractivity contribution is 5.45. The molecule has 0 atom stereocenters. The van der Waals surface area contributed by atoms with E-state index in [2.05, 4.69) is 5.32 Å². The third-order valence-electron chi connectivity index (χ3n) is 3.50. The topological polar surface area (TPSA) is 28.4 Å². The molecule has 106 valence electrons. The monoisotopic (exact) mass is 274 g/mol. The standard InChI is InChI=1S/C16H19FN2O/c1-19(14-4-2-3-12(17)9-14)11-16-8-7-15(20-16)10-18-13-5-6-13/h2-4,7-9,13,18H,5-6,10-11H2,1H3. The Morgan fingerprint density at radius 3 is 2.80 bits per heavy atom. The quantitative estimate of drug-likeness (QED) is 0.876. The van der Waals surface area contributed by atoms with Gasteiger partial charge in [0.1, 0.15) is 17.3 Å². The van der Waals surface area contributed by atoms with Gasteiger partial charge in [-0.2, -0.15) is 0 Å². The fraction of sp³-hybridized carbons (Fsp3) is 0.375. The predicted octanol–water partition coefficient (Wildman–Crippen LogP) is 3.31. The highest BCUT2D eigenvalue weighted by Crippen LogP contribution is 2.21. The number of anilines is 1. The number of halogens is 1. The average Bonchev–Trinajstić information content (AvgIpc) is 3.16. The summed E-state index contributed by atoms with van der Waals surface area (Å²) in [6.45, 7) is 1.42. The Morgan fingerprint density at radius 2 is 2.05 bits per heavy atom. The molecule has 4 heteroatoms. The van der Waals surface area contributed by atoms with Gasteiger partial charge in [0.25, 0.3) is 0 Å². The highest BCUT2D eigenvalue weighted by atomic mass is 19.1. The Kier molecular flexibility index (Phi) is 3.74. The van der Waals surface area contributed by atoms with Crippen LogP contribution in [0, 0.1) is 5.82 Å². The molecular weight excluding hydrogens is 255 g/mol. The van der Waals surface area contributed by atoms with Crippen LogP contribution in [0.15, 0.2) is 40.8 Å². The van der Waals surface area contributed by atoms with Crippen LogP contribution >= 0.6 is 0 Å². The van der Waals surface area contributed by atoms with Crippen LogP contribution in [0.25, 0.3) is 0 Å². The third-order valence-corrected chi connectivity index (χ3v) is 3.50. The van der Waals surface area contributed by atoms with Crippen molar-refractivity contribution in [1.29, 1.82) is 0 Å². The molecule has 0 amide bonds. The SMILES string of the molecule is CN(Cc1ccc(CNC2CC2)o1)c1cccc(F)c1. The molecule has 0 unspecified atom stereocenters. The summed E-state index contributed by atoms with van der Waals surface area (Å²) < 4.78 is 19.0. The van der Waals surface area contributed by atoms with Crippen molar-refractivity contribution in [3.8, 4) is 0 Å². The smallest absolute Gasteiger partial charge is 0.125 e. The first kappa shape index (κ1) is 13.2. The lowest BCUT2D eigenvalue weighted by Crippen LogP contribution is -2.16. The lowest BCUT2D eigenvalue weighted by molar-refractivity contribution is 0.445. The Hall–Kier alpha value is -1.81. The lowest BCUT2D eigenvalue weighted by Gasteiger charge is -2.17. The number of hydrogen-bond donors (Lipinski definition) is 1. The molecule has 1 saturated carbocycles. The lowest BCUT2D eigenvalue weighted by atomic mass is 10.3. The minimum atomic E-state index is -0.219. The first-order valence-corrected chi connectivity index (χ1v) is 6.98. The first-order chi connectivity index (χ1) is 9.70. The van der Waals surface area contributed by atoms with Crippen LogP contribution in [0.1, 0.15) is 24.4 Å². The van der Waals surface area contributed by atoms with Gasteiger partial charge >= 0.3 is 0 Å². The molecule has 3 nitrogen and oxygen atoms in total. The van der Waals surface area contributed by atoms with Gasteiger partial charge in [0, 0.05) is 18.8 Å². The van der Waals surface area contributed by atoms with Crippen LogP contribution in [0.2, 0.25) is 0 Å². The minimum absolute atomic E-state index is 0.219. The summed E-state index contributed by atoms with van der Waals surface area (Å²) in [5, 5.41) is 3.42. The number of benzene rings is 1. The van der Waals surface area contributed by atoms with E-state index >= 15 is 0 Å². The van der Waals surface area contributed by atoms with Gasteiger partial charge in [0.05, 0.1) is 13.1 Å². The predicted molar refractivity (Wildman–Crippen MR) is 77.1 cm³/mol. The van der Waals surface area contributed by atoms with Crippen LogP contribution in [-0.2, 0) is 13.1 Å². The van der Waals surface area contributed by atoms with Gasteiger partial charge in [0.15, 0.2) is 0 Å². The molecule has 1 aromatic heterocycles. The molecule has 1 aliphatic carbocycles. The molecule has 1 fully saturated rings. The Bertz CT molecular complexity index is 577. The van der Waals surface area contributed by atoms with Crippen LogP contribution in [0.4, 0.5) is 10.1 Å². The van der Waals surface area contributed by atoms with E-state index in [4.69, 9.17) is 4.42 Å². The van der Waals surface area contributed by atoms with Crippen molar-refractivity contribution < 1.29 is 8.81 Å². The van der Waals surface area contributed by atoms with E-state index in [9.17, 15) is 4.39 Å². The minimum Gasteiger partial charge on any atom is -0.463 e. The second-order valence-corrected chi connectivity index (χ2v) is 5.36. The van der Waals surface area contributed by atoms with Gasteiger partial charge in [-0.3, -0.25) is 0 Å². The maximum absolute atomic E-state index is 13.2. The average molecular weight is 274 g/mol. The molecule has 0 bridgehead atoms.